The highest BCUT2D eigenvalue weighted by molar-refractivity contribution is 6.34. The number of aromatic nitrogens is 4. The molecule has 1 unspecified atom stereocenters. The van der Waals surface area contributed by atoms with Gasteiger partial charge in [0.1, 0.15) is 5.82 Å². The average molecular weight is 597 g/mol. The van der Waals surface area contributed by atoms with Crippen LogP contribution < -0.4 is 10.6 Å². The molecule has 2 aromatic carbocycles. The fraction of sp³-hybridized carbons (Fsp3) is 0.303. The molecule has 0 radical (unpaired) electrons. The van der Waals surface area contributed by atoms with Crippen LogP contribution in [-0.4, -0.2) is 61.3 Å². The number of pyridine rings is 2. The summed E-state index contributed by atoms with van der Waals surface area (Å²) in [5, 5.41) is 12.7. The van der Waals surface area contributed by atoms with E-state index in [1.165, 1.54) is 4.90 Å². The zero-order valence-corrected chi connectivity index (χ0v) is 25.6. The third-order valence-corrected chi connectivity index (χ3v) is 8.55. The molecule has 0 saturated carbocycles. The third kappa shape index (κ3) is 4.87. The van der Waals surface area contributed by atoms with Crippen molar-refractivity contribution in [2.24, 2.45) is 0 Å². The first-order valence-corrected chi connectivity index (χ1v) is 14.8. The number of anilines is 1. The Morgan fingerprint density at radius 2 is 1.79 bits per heavy atom. The van der Waals surface area contributed by atoms with Crippen molar-refractivity contribution in [2.75, 3.05) is 24.5 Å². The first kappa shape index (κ1) is 28.6. The van der Waals surface area contributed by atoms with E-state index in [0.29, 0.717) is 46.3 Å². The number of hydrogen-bond acceptors (Lipinski definition) is 6. The predicted octanol–water partition coefficient (Wildman–Crippen LogP) is 6.58. The van der Waals surface area contributed by atoms with Crippen molar-refractivity contribution in [3.63, 3.8) is 0 Å². The fourth-order valence-corrected chi connectivity index (χ4v) is 6.42. The lowest BCUT2D eigenvalue weighted by Gasteiger charge is -2.39. The molecule has 0 aliphatic carbocycles. The van der Waals surface area contributed by atoms with Crippen molar-refractivity contribution in [1.29, 1.82) is 0 Å². The number of halogens is 1. The monoisotopic (exact) mass is 596 g/mol. The summed E-state index contributed by atoms with van der Waals surface area (Å²) < 4.78 is 1.56. The van der Waals surface area contributed by atoms with Crippen molar-refractivity contribution in [1.82, 2.24) is 24.4 Å². The van der Waals surface area contributed by atoms with Gasteiger partial charge in [-0.3, -0.25) is 4.98 Å². The summed E-state index contributed by atoms with van der Waals surface area (Å²) in [6, 6.07) is 15.7. The fourth-order valence-electron chi connectivity index (χ4n) is 6.17. The van der Waals surface area contributed by atoms with E-state index in [0.717, 1.165) is 33.2 Å². The highest BCUT2D eigenvalue weighted by Crippen LogP contribution is 2.38. The molecule has 4 heterocycles. The van der Waals surface area contributed by atoms with Gasteiger partial charge in [-0.15, -0.1) is 0 Å². The topological polar surface area (TPSA) is 104 Å². The second kappa shape index (κ2) is 11.0. The number of fused-ring (bicyclic) bond motifs is 2. The standard InChI is InChI=1S/C33H33ClN6O3/c1-18(2)27-29(20(4)12-13-35-27)40-31-24(30(37-32(40)41)39-15-14-38(33(42)43)17-21(39)5)16-25(34)28(36-31)23-11-7-10-22-9-6-8-19(3)26(22)23/h6-13,16,18,21H,14-15,17H2,1-5H3,(H,42,43). The van der Waals surface area contributed by atoms with E-state index in [2.05, 4.69) is 35.1 Å². The van der Waals surface area contributed by atoms with Gasteiger partial charge in [-0.2, -0.15) is 4.98 Å². The van der Waals surface area contributed by atoms with E-state index >= 15 is 0 Å². The SMILES string of the molecule is Cc1ccnc(C(C)C)c1-n1c(=O)nc(N2CCN(C(=O)O)CC2C)c2cc(Cl)c(-c3cccc4cccc(C)c34)nc21. The molecular formula is C33H33ClN6O3. The Hall–Kier alpha value is -4.50. The van der Waals surface area contributed by atoms with Gasteiger partial charge in [0, 0.05) is 37.4 Å². The lowest BCUT2D eigenvalue weighted by atomic mass is 9.97. The molecule has 1 fully saturated rings. The van der Waals surface area contributed by atoms with E-state index in [-0.39, 0.29) is 18.5 Å². The number of piperazine rings is 1. The number of carboxylic acid groups (broad SMARTS) is 1. The van der Waals surface area contributed by atoms with Gasteiger partial charge in [0.15, 0.2) is 5.65 Å². The van der Waals surface area contributed by atoms with E-state index < -0.39 is 11.8 Å². The molecule has 1 atom stereocenters. The van der Waals surface area contributed by atoms with Crippen LogP contribution >= 0.6 is 11.6 Å². The molecule has 1 N–H and O–H groups in total. The van der Waals surface area contributed by atoms with Crippen molar-refractivity contribution >= 4 is 45.3 Å². The van der Waals surface area contributed by atoms with Gasteiger partial charge in [-0.25, -0.2) is 19.1 Å². The van der Waals surface area contributed by atoms with Crippen LogP contribution in [-0.2, 0) is 0 Å². The van der Waals surface area contributed by atoms with E-state index in [1.54, 1.807) is 10.8 Å². The molecule has 6 rings (SSSR count). The predicted molar refractivity (Wildman–Crippen MR) is 171 cm³/mol. The van der Waals surface area contributed by atoms with Crippen LogP contribution in [0, 0.1) is 13.8 Å². The normalized spacial score (nSPS) is 15.6. The molecular weight excluding hydrogens is 564 g/mol. The second-order valence-corrected chi connectivity index (χ2v) is 11.9. The largest absolute Gasteiger partial charge is 0.465 e. The zero-order chi connectivity index (χ0) is 30.6. The zero-order valence-electron chi connectivity index (χ0n) is 24.8. The highest BCUT2D eigenvalue weighted by atomic mass is 35.5. The number of amides is 1. The van der Waals surface area contributed by atoms with E-state index in [9.17, 15) is 14.7 Å². The number of carbonyl (C=O) groups is 1. The van der Waals surface area contributed by atoms with Crippen LogP contribution in [0.5, 0.6) is 0 Å². The van der Waals surface area contributed by atoms with E-state index in [4.69, 9.17) is 16.6 Å². The second-order valence-electron chi connectivity index (χ2n) is 11.5. The van der Waals surface area contributed by atoms with Crippen LogP contribution in [0.15, 0.2) is 59.5 Å². The maximum atomic E-state index is 14.1. The Balaban J connectivity index is 1.69. The first-order valence-electron chi connectivity index (χ1n) is 14.4. The van der Waals surface area contributed by atoms with Crippen molar-refractivity contribution in [3.05, 3.63) is 87.1 Å². The van der Waals surface area contributed by atoms with Gasteiger partial charge in [0.05, 0.1) is 27.5 Å². The highest BCUT2D eigenvalue weighted by Gasteiger charge is 2.31. The average Bonchev–Trinajstić information content (AvgIpc) is 2.97. The Morgan fingerprint density at radius 3 is 2.49 bits per heavy atom. The van der Waals surface area contributed by atoms with Gasteiger partial charge in [0.25, 0.3) is 0 Å². The minimum absolute atomic E-state index is 0.0353. The van der Waals surface area contributed by atoms with Crippen LogP contribution in [0.4, 0.5) is 10.6 Å². The van der Waals surface area contributed by atoms with Crippen LogP contribution in [0.25, 0.3) is 38.8 Å². The van der Waals surface area contributed by atoms with Crippen LogP contribution in [0.2, 0.25) is 5.02 Å². The number of rotatable bonds is 4. The molecule has 1 aliphatic rings. The number of hydrogen-bond donors (Lipinski definition) is 1. The third-order valence-electron chi connectivity index (χ3n) is 8.26. The van der Waals surface area contributed by atoms with Gasteiger partial charge in [-0.1, -0.05) is 61.8 Å². The summed E-state index contributed by atoms with van der Waals surface area (Å²) in [5.41, 5.74) is 4.76. The Labute approximate surface area is 254 Å². The van der Waals surface area contributed by atoms with Gasteiger partial charge >= 0.3 is 11.8 Å². The quantitative estimate of drug-likeness (QED) is 0.250. The van der Waals surface area contributed by atoms with Crippen LogP contribution in [0.3, 0.4) is 0 Å². The molecule has 10 heteroatoms. The molecule has 1 aliphatic heterocycles. The molecule has 5 aromatic rings. The Kier molecular flexibility index (Phi) is 7.30. The summed E-state index contributed by atoms with van der Waals surface area (Å²) in [6.45, 7) is 11.0. The van der Waals surface area contributed by atoms with E-state index in [1.807, 2.05) is 62.9 Å². The summed E-state index contributed by atoms with van der Waals surface area (Å²) in [6.07, 6.45) is 0.786. The van der Waals surface area contributed by atoms with Gasteiger partial charge in [-0.05, 0) is 60.7 Å². The van der Waals surface area contributed by atoms with Crippen molar-refractivity contribution in [3.8, 4) is 16.9 Å². The molecule has 1 saturated heterocycles. The molecule has 1 amide bonds. The van der Waals surface area contributed by atoms with Crippen molar-refractivity contribution < 1.29 is 9.90 Å². The number of benzene rings is 2. The Morgan fingerprint density at radius 1 is 1.05 bits per heavy atom. The maximum absolute atomic E-state index is 14.1. The summed E-state index contributed by atoms with van der Waals surface area (Å²) in [4.78, 5) is 43.6. The molecule has 220 valence electrons. The summed E-state index contributed by atoms with van der Waals surface area (Å²) >= 11 is 7.06. The molecule has 0 bridgehead atoms. The Bertz CT molecular complexity index is 1970. The molecule has 43 heavy (non-hydrogen) atoms. The maximum Gasteiger partial charge on any atom is 0.407 e. The first-order chi connectivity index (χ1) is 20.6. The van der Waals surface area contributed by atoms with Gasteiger partial charge < -0.3 is 14.9 Å². The molecule has 0 spiro atoms. The van der Waals surface area contributed by atoms with Gasteiger partial charge in [0.2, 0.25) is 0 Å². The summed E-state index contributed by atoms with van der Waals surface area (Å²) in [5.74, 6) is 0.476. The molecule has 3 aromatic heterocycles. The number of nitrogens with zero attached hydrogens (tertiary/aromatic N) is 6. The minimum Gasteiger partial charge on any atom is -0.465 e. The van der Waals surface area contributed by atoms with Crippen molar-refractivity contribution in [2.45, 2.75) is 46.6 Å². The number of aryl methyl sites for hydroxylation is 2. The van der Waals surface area contributed by atoms with Crippen LogP contribution in [0.1, 0.15) is 43.5 Å². The summed E-state index contributed by atoms with van der Waals surface area (Å²) in [7, 11) is 0. The minimum atomic E-state index is -0.965. The molecule has 9 nitrogen and oxygen atoms in total. The smallest absolute Gasteiger partial charge is 0.407 e. The lowest BCUT2D eigenvalue weighted by molar-refractivity contribution is 0.136. The lowest BCUT2D eigenvalue weighted by Crippen LogP contribution is -2.54.